The number of hydrogen-bond donors (Lipinski definition) is 3. The van der Waals surface area contributed by atoms with Crippen molar-refractivity contribution in [3.8, 4) is 0 Å². The molecule has 7 heteroatoms. The molecule has 0 aromatic heterocycles. The minimum absolute atomic E-state index is 0. The molecule has 0 aliphatic carbocycles. The summed E-state index contributed by atoms with van der Waals surface area (Å²) < 4.78 is 0. The van der Waals surface area contributed by atoms with Crippen molar-refractivity contribution < 1.29 is 54.5 Å². The fourth-order valence-electron chi connectivity index (χ4n) is 0. The first kappa shape index (κ1) is 16.2. The smallest absolute Gasteiger partial charge is 0.832 e. The quantitative estimate of drug-likeness (QED) is 0.294. The molecule has 0 spiro atoms. The predicted molar refractivity (Wildman–Crippen MR) is 23.5 cm³/mol. The molecule has 0 bridgehead atoms. The average Bonchev–Trinajstić information content (AvgIpc) is 1.25. The molecular weight excluding hydrogens is 138 g/mol. The van der Waals surface area contributed by atoms with Crippen LogP contribution in [0.3, 0.4) is 0 Å². The molecule has 3 N–H and O–H groups in total. The maximum Gasteiger partial charge on any atom is 1.00 e. The van der Waals surface area contributed by atoms with Gasteiger partial charge in [0.1, 0.15) is 0 Å². The van der Waals surface area contributed by atoms with E-state index in [1.54, 1.807) is 0 Å². The number of carbonyl (C=O) groups is 1. The van der Waals surface area contributed by atoms with Gasteiger partial charge in [0.2, 0.25) is 0 Å². The second-order valence-electron chi connectivity index (χ2n) is 0.845. The standard InChI is InChI=1S/C2H4O2.BH2O3.Na/c1-2(3)4;2-1(3)4;/h1H3,(H,3,4);2-3H;/q;-1;+1. The minimum atomic E-state index is -2.42. The topological polar surface area (TPSA) is 101 Å². The van der Waals surface area contributed by atoms with Crippen LogP contribution in [0.1, 0.15) is 6.92 Å². The molecule has 48 valence electrons. The molecule has 9 heavy (non-hydrogen) atoms. The van der Waals surface area contributed by atoms with Crippen molar-refractivity contribution >= 4 is 13.3 Å². The van der Waals surface area contributed by atoms with Gasteiger partial charge in [0.15, 0.2) is 0 Å². The van der Waals surface area contributed by atoms with Crippen LogP contribution >= 0.6 is 0 Å². The van der Waals surface area contributed by atoms with E-state index in [0.717, 1.165) is 6.92 Å². The molecule has 0 fully saturated rings. The van der Waals surface area contributed by atoms with Crippen LogP contribution < -0.4 is 34.6 Å². The Morgan fingerprint density at radius 3 is 1.56 bits per heavy atom. The summed E-state index contributed by atoms with van der Waals surface area (Å²) in [5, 5.41) is 30.2. The normalized spacial score (nSPS) is 5.78. The van der Waals surface area contributed by atoms with Crippen molar-refractivity contribution in [2.24, 2.45) is 0 Å². The number of carboxylic acid groups (broad SMARTS) is 1. The van der Waals surface area contributed by atoms with Gasteiger partial charge in [-0.1, -0.05) is 0 Å². The van der Waals surface area contributed by atoms with Crippen LogP contribution in [0.15, 0.2) is 0 Å². The fraction of sp³-hybridized carbons (Fsp3) is 0.500. The molecule has 0 amide bonds. The molecule has 0 radical (unpaired) electrons. The Bertz CT molecular complexity index is 59.2. The van der Waals surface area contributed by atoms with Gasteiger partial charge in [0.25, 0.3) is 5.97 Å². The molecule has 0 rings (SSSR count). The predicted octanol–water partition coefficient (Wildman–Crippen LogP) is -5.59. The zero-order valence-corrected chi connectivity index (χ0v) is 7.24. The third kappa shape index (κ3) is 2010. The second kappa shape index (κ2) is 11.2. The number of hydrogen-bond acceptors (Lipinski definition) is 4. The third-order valence-corrected chi connectivity index (χ3v) is 0. The molecule has 0 unspecified atom stereocenters. The van der Waals surface area contributed by atoms with Gasteiger partial charge in [-0.25, -0.2) is 0 Å². The van der Waals surface area contributed by atoms with Crippen LogP contribution in [0.2, 0.25) is 0 Å². The van der Waals surface area contributed by atoms with E-state index in [1.807, 2.05) is 0 Å². The summed E-state index contributed by atoms with van der Waals surface area (Å²) in [6, 6.07) is 0. The summed E-state index contributed by atoms with van der Waals surface area (Å²) in [6.45, 7) is 1.08. The summed E-state index contributed by atoms with van der Waals surface area (Å²) in [6.07, 6.45) is 0. The van der Waals surface area contributed by atoms with Crippen LogP contribution in [0.4, 0.5) is 0 Å². The molecule has 0 aliphatic heterocycles. The van der Waals surface area contributed by atoms with E-state index in [2.05, 4.69) is 0 Å². The summed E-state index contributed by atoms with van der Waals surface area (Å²) in [7, 11) is -2.42. The molecule has 0 atom stereocenters. The average molecular weight is 144 g/mol. The molecule has 0 heterocycles. The minimum Gasteiger partial charge on any atom is -0.832 e. The monoisotopic (exact) mass is 144 g/mol. The van der Waals surface area contributed by atoms with Crippen LogP contribution in [-0.4, -0.2) is 28.4 Å². The van der Waals surface area contributed by atoms with Gasteiger partial charge in [-0.05, 0) is 0 Å². The zero-order valence-electron chi connectivity index (χ0n) is 5.24. The summed E-state index contributed by atoms with van der Waals surface area (Å²) in [4.78, 5) is 9.00. The number of rotatable bonds is 0. The van der Waals surface area contributed by atoms with Crippen molar-refractivity contribution in [2.75, 3.05) is 0 Å². The van der Waals surface area contributed by atoms with Gasteiger partial charge < -0.3 is 20.2 Å². The van der Waals surface area contributed by atoms with Crippen molar-refractivity contribution in [2.45, 2.75) is 6.92 Å². The first-order chi connectivity index (χ1) is 3.46. The Morgan fingerprint density at radius 2 is 1.56 bits per heavy atom. The maximum absolute atomic E-state index is 9.00. The van der Waals surface area contributed by atoms with Crippen molar-refractivity contribution in [1.29, 1.82) is 0 Å². The van der Waals surface area contributed by atoms with Crippen molar-refractivity contribution in [3.05, 3.63) is 0 Å². The van der Waals surface area contributed by atoms with Crippen LogP contribution in [0, 0.1) is 0 Å². The third-order valence-electron chi connectivity index (χ3n) is 0. The fourth-order valence-corrected chi connectivity index (χ4v) is 0. The maximum atomic E-state index is 9.00. The molecule has 0 aromatic rings. The van der Waals surface area contributed by atoms with Gasteiger partial charge in [0.05, 0.1) is 0 Å². The van der Waals surface area contributed by atoms with E-state index < -0.39 is 13.3 Å². The Hall–Kier alpha value is 0.415. The van der Waals surface area contributed by atoms with E-state index >= 15 is 0 Å². The van der Waals surface area contributed by atoms with E-state index in [4.69, 9.17) is 25.0 Å². The van der Waals surface area contributed by atoms with E-state index in [9.17, 15) is 0 Å². The van der Waals surface area contributed by atoms with Crippen molar-refractivity contribution in [3.63, 3.8) is 0 Å². The number of aliphatic carboxylic acids is 1. The van der Waals surface area contributed by atoms with Crippen LogP contribution in [-0.2, 0) is 4.79 Å². The van der Waals surface area contributed by atoms with Gasteiger partial charge in [-0.3, -0.25) is 4.79 Å². The number of carboxylic acids is 1. The van der Waals surface area contributed by atoms with E-state index in [0.29, 0.717) is 0 Å². The summed E-state index contributed by atoms with van der Waals surface area (Å²) >= 11 is 0. The SMILES string of the molecule is CC(=O)O.[Na+].[O-]B(O)O. The van der Waals surface area contributed by atoms with Gasteiger partial charge in [0, 0.05) is 6.92 Å². The van der Waals surface area contributed by atoms with Crippen LogP contribution in [0.25, 0.3) is 0 Å². The van der Waals surface area contributed by atoms with E-state index in [1.165, 1.54) is 0 Å². The Balaban J connectivity index is -0.0000000720. The first-order valence-electron chi connectivity index (χ1n) is 1.68. The Morgan fingerprint density at radius 1 is 1.56 bits per heavy atom. The van der Waals surface area contributed by atoms with Gasteiger partial charge >= 0.3 is 36.9 Å². The zero-order chi connectivity index (χ0) is 7.15. The molecule has 5 nitrogen and oxygen atoms in total. The summed E-state index contributed by atoms with van der Waals surface area (Å²) in [5.74, 6) is -0.833. The van der Waals surface area contributed by atoms with E-state index in [-0.39, 0.29) is 29.6 Å². The Kier molecular flexibility index (Phi) is 20.2. The van der Waals surface area contributed by atoms with Gasteiger partial charge in [-0.15, -0.1) is 0 Å². The van der Waals surface area contributed by atoms with Crippen LogP contribution in [0.5, 0.6) is 0 Å². The second-order valence-corrected chi connectivity index (χ2v) is 0.845. The molecular formula is C2H6BNaO5. The first-order valence-corrected chi connectivity index (χ1v) is 1.68. The summed E-state index contributed by atoms with van der Waals surface area (Å²) in [5.41, 5.74) is 0. The molecule has 0 aromatic carbocycles. The molecule has 0 saturated carbocycles. The molecule has 0 aliphatic rings. The molecule has 0 saturated heterocycles. The van der Waals surface area contributed by atoms with Gasteiger partial charge in [-0.2, -0.15) is 0 Å². The Labute approximate surface area is 74.8 Å². The largest absolute Gasteiger partial charge is 1.00 e. The van der Waals surface area contributed by atoms with Crippen molar-refractivity contribution in [1.82, 2.24) is 0 Å².